The quantitative estimate of drug-likeness (QED) is 0.349. The van der Waals surface area contributed by atoms with Gasteiger partial charge in [0.2, 0.25) is 0 Å². The van der Waals surface area contributed by atoms with Crippen LogP contribution in [0.25, 0.3) is 27.9 Å². The summed E-state index contributed by atoms with van der Waals surface area (Å²) >= 11 is 0. The van der Waals surface area contributed by atoms with Crippen LogP contribution in [0.4, 0.5) is 0 Å². The largest absolute Gasteiger partial charge is 0.341 e. The molecule has 1 aliphatic rings. The maximum atomic E-state index is 4.81. The maximum Gasteiger partial charge on any atom is 0.0694 e. The van der Waals surface area contributed by atoms with E-state index in [2.05, 4.69) is 71.1 Å². The van der Waals surface area contributed by atoms with Crippen molar-refractivity contribution >= 4 is 58.4 Å². The Morgan fingerprint density at radius 3 is 2.60 bits per heavy atom. The Balaban J connectivity index is 0.00000128. The van der Waals surface area contributed by atoms with Gasteiger partial charge in [-0.3, -0.25) is 9.98 Å². The van der Waals surface area contributed by atoms with Crippen LogP contribution in [0, 0.1) is 0 Å². The normalized spacial score (nSPS) is 15.0. The molecule has 0 N–H and O–H groups in total. The van der Waals surface area contributed by atoms with Crippen molar-refractivity contribution in [3.63, 3.8) is 0 Å². The minimum absolute atomic E-state index is 0. The first-order valence-corrected chi connectivity index (χ1v) is 10.0. The van der Waals surface area contributed by atoms with Crippen molar-refractivity contribution in [2.75, 3.05) is 6.54 Å². The summed E-state index contributed by atoms with van der Waals surface area (Å²) in [6, 6.07) is 19.6. The number of aromatic nitrogens is 2. The molecule has 2 aromatic carbocycles. The number of fused-ring (bicyclic) bond motifs is 3. The van der Waals surface area contributed by atoms with Gasteiger partial charge < -0.3 is 4.57 Å². The molecular formula is C25H25Cl2N3. The highest BCUT2D eigenvalue weighted by Gasteiger charge is 2.15. The van der Waals surface area contributed by atoms with E-state index in [4.69, 9.17) is 4.99 Å². The number of aliphatic imine (C=N–C) groups is 1. The predicted octanol–water partition coefficient (Wildman–Crippen LogP) is 6.72. The second-order valence-corrected chi connectivity index (χ2v) is 7.28. The van der Waals surface area contributed by atoms with Gasteiger partial charge in [-0.15, -0.1) is 24.8 Å². The van der Waals surface area contributed by atoms with Crippen LogP contribution in [-0.2, 0) is 6.54 Å². The van der Waals surface area contributed by atoms with Crippen LogP contribution in [0.15, 0.2) is 77.6 Å². The second kappa shape index (κ2) is 9.46. The molecule has 0 aliphatic carbocycles. The van der Waals surface area contributed by atoms with Crippen LogP contribution >= 0.6 is 24.8 Å². The molecule has 0 fully saturated rings. The Bertz CT molecular complexity index is 1220. The van der Waals surface area contributed by atoms with E-state index >= 15 is 0 Å². The molecule has 0 radical (unpaired) electrons. The third kappa shape index (κ3) is 3.88. The SMILES string of the molecule is CCn1c2ccccc2c2cc(C=C3CCCN=C3c3cccnc3)ccc21.Cl.Cl. The Morgan fingerprint density at radius 1 is 0.967 bits per heavy atom. The number of allylic oxidation sites excluding steroid dienone is 1. The highest BCUT2D eigenvalue weighted by molar-refractivity contribution is 6.15. The van der Waals surface area contributed by atoms with Crippen molar-refractivity contribution < 1.29 is 0 Å². The molecule has 4 aromatic rings. The number of pyridine rings is 1. The van der Waals surface area contributed by atoms with Gasteiger partial charge in [0.05, 0.1) is 5.71 Å². The van der Waals surface area contributed by atoms with Gasteiger partial charge in [-0.1, -0.05) is 24.3 Å². The molecule has 5 heteroatoms. The van der Waals surface area contributed by atoms with E-state index < -0.39 is 0 Å². The average molecular weight is 438 g/mol. The lowest BCUT2D eigenvalue weighted by Crippen LogP contribution is -2.11. The van der Waals surface area contributed by atoms with Crippen LogP contribution in [0.5, 0.6) is 0 Å². The first kappa shape index (κ1) is 22.1. The first-order valence-electron chi connectivity index (χ1n) is 10.0. The Kier molecular flexibility index (Phi) is 6.96. The van der Waals surface area contributed by atoms with Crippen LogP contribution in [0.3, 0.4) is 0 Å². The fraction of sp³-hybridized carbons (Fsp3) is 0.200. The molecule has 2 aromatic heterocycles. The van der Waals surface area contributed by atoms with Gasteiger partial charge in [0, 0.05) is 52.9 Å². The monoisotopic (exact) mass is 437 g/mol. The molecule has 3 nitrogen and oxygen atoms in total. The Labute approximate surface area is 189 Å². The first-order chi connectivity index (χ1) is 13.8. The highest BCUT2D eigenvalue weighted by Crippen LogP contribution is 2.31. The third-order valence-corrected chi connectivity index (χ3v) is 5.57. The zero-order chi connectivity index (χ0) is 18.9. The maximum absolute atomic E-state index is 4.81. The molecule has 0 saturated carbocycles. The van der Waals surface area contributed by atoms with Crippen LogP contribution in [0.2, 0.25) is 0 Å². The summed E-state index contributed by atoms with van der Waals surface area (Å²) < 4.78 is 2.39. The summed E-state index contributed by atoms with van der Waals surface area (Å²) in [6.07, 6.45) is 8.20. The summed E-state index contributed by atoms with van der Waals surface area (Å²) in [5.41, 5.74) is 7.35. The lowest BCUT2D eigenvalue weighted by atomic mass is 9.94. The molecule has 0 atom stereocenters. The number of aryl methyl sites for hydroxylation is 1. The minimum atomic E-state index is 0. The molecule has 0 bridgehead atoms. The summed E-state index contributed by atoms with van der Waals surface area (Å²) in [5, 5.41) is 2.65. The standard InChI is InChI=1S/C25H23N3.2ClH/c1-2-28-23-10-4-3-9-21(23)22-16-18(11-12-24(22)28)15-19-7-6-14-27-25(19)20-8-5-13-26-17-20;;/h3-5,8-13,15-17H,2,6-7,14H2,1H3;2*1H. The van der Waals surface area contributed by atoms with E-state index in [1.807, 2.05) is 18.5 Å². The van der Waals surface area contributed by atoms with Gasteiger partial charge in [0.25, 0.3) is 0 Å². The summed E-state index contributed by atoms with van der Waals surface area (Å²) in [7, 11) is 0. The minimum Gasteiger partial charge on any atom is -0.341 e. The Morgan fingerprint density at radius 2 is 1.80 bits per heavy atom. The predicted molar refractivity (Wildman–Crippen MR) is 132 cm³/mol. The van der Waals surface area contributed by atoms with Gasteiger partial charge in [-0.05, 0) is 67.3 Å². The Hall–Kier alpha value is -2.62. The summed E-state index contributed by atoms with van der Waals surface area (Å²) in [6.45, 7) is 4.08. The molecule has 0 amide bonds. The zero-order valence-electron chi connectivity index (χ0n) is 16.9. The van der Waals surface area contributed by atoms with E-state index in [1.54, 1.807) is 0 Å². The number of para-hydroxylation sites is 1. The molecule has 5 rings (SSSR count). The van der Waals surface area contributed by atoms with Crippen molar-refractivity contribution in [2.24, 2.45) is 4.99 Å². The van der Waals surface area contributed by atoms with E-state index in [-0.39, 0.29) is 24.8 Å². The summed E-state index contributed by atoms with van der Waals surface area (Å²) in [4.78, 5) is 9.09. The molecule has 30 heavy (non-hydrogen) atoms. The van der Waals surface area contributed by atoms with Crippen molar-refractivity contribution in [1.82, 2.24) is 9.55 Å². The fourth-order valence-corrected chi connectivity index (χ4v) is 4.30. The lowest BCUT2D eigenvalue weighted by molar-refractivity contribution is 0.818. The topological polar surface area (TPSA) is 30.2 Å². The van der Waals surface area contributed by atoms with Crippen molar-refractivity contribution in [3.05, 3.63) is 83.7 Å². The lowest BCUT2D eigenvalue weighted by Gasteiger charge is -2.16. The van der Waals surface area contributed by atoms with Gasteiger partial charge in [0.1, 0.15) is 0 Å². The molecule has 154 valence electrons. The second-order valence-electron chi connectivity index (χ2n) is 7.28. The fourth-order valence-electron chi connectivity index (χ4n) is 4.30. The number of hydrogen-bond acceptors (Lipinski definition) is 2. The van der Waals surface area contributed by atoms with E-state index in [0.29, 0.717) is 0 Å². The molecular weight excluding hydrogens is 413 g/mol. The molecule has 3 heterocycles. The number of hydrogen-bond donors (Lipinski definition) is 0. The molecule has 0 unspecified atom stereocenters. The van der Waals surface area contributed by atoms with Gasteiger partial charge >= 0.3 is 0 Å². The molecule has 1 aliphatic heterocycles. The smallest absolute Gasteiger partial charge is 0.0694 e. The van der Waals surface area contributed by atoms with E-state index in [9.17, 15) is 0 Å². The number of benzene rings is 2. The van der Waals surface area contributed by atoms with Crippen LogP contribution < -0.4 is 0 Å². The van der Waals surface area contributed by atoms with Gasteiger partial charge in [-0.2, -0.15) is 0 Å². The summed E-state index contributed by atoms with van der Waals surface area (Å²) in [5.74, 6) is 0. The van der Waals surface area contributed by atoms with Crippen LogP contribution in [-0.4, -0.2) is 21.8 Å². The molecule has 0 saturated heterocycles. The van der Waals surface area contributed by atoms with Gasteiger partial charge in [0.15, 0.2) is 0 Å². The number of nitrogens with zero attached hydrogens (tertiary/aromatic N) is 3. The highest BCUT2D eigenvalue weighted by atomic mass is 35.5. The van der Waals surface area contributed by atoms with E-state index in [1.165, 1.54) is 32.9 Å². The van der Waals surface area contributed by atoms with Gasteiger partial charge in [-0.25, -0.2) is 0 Å². The van der Waals surface area contributed by atoms with Crippen molar-refractivity contribution in [3.8, 4) is 0 Å². The van der Waals surface area contributed by atoms with Crippen LogP contribution in [0.1, 0.15) is 30.9 Å². The number of rotatable bonds is 3. The molecule has 0 spiro atoms. The van der Waals surface area contributed by atoms with Crippen molar-refractivity contribution in [2.45, 2.75) is 26.3 Å². The third-order valence-electron chi connectivity index (χ3n) is 5.57. The average Bonchev–Trinajstić information content (AvgIpc) is 3.08. The van der Waals surface area contributed by atoms with E-state index in [0.717, 1.165) is 37.2 Å². The number of halogens is 2. The zero-order valence-corrected chi connectivity index (χ0v) is 18.5. The van der Waals surface area contributed by atoms with Crippen molar-refractivity contribution in [1.29, 1.82) is 0 Å².